The molecule has 2 bridgehead atoms. The molecule has 1 aliphatic rings. The third-order valence-electron chi connectivity index (χ3n) is 4.08. The fraction of sp³-hybridized carbons (Fsp3) is 0.190. The van der Waals surface area contributed by atoms with Crippen LogP contribution in [0.1, 0.15) is 35.9 Å². The Bertz CT molecular complexity index is 824. The Balaban J connectivity index is 2.18. The number of aromatic nitrogens is 1. The second kappa shape index (κ2) is 6.03. The molecule has 0 saturated heterocycles. The van der Waals surface area contributed by atoms with Gasteiger partial charge in [-0.1, -0.05) is 42.7 Å². The van der Waals surface area contributed by atoms with Crippen molar-refractivity contribution in [3.05, 3.63) is 77.1 Å². The lowest BCUT2D eigenvalue weighted by Gasteiger charge is -2.07. The van der Waals surface area contributed by atoms with Gasteiger partial charge in [0, 0.05) is 23.6 Å². The number of pyridine rings is 1. The van der Waals surface area contributed by atoms with E-state index in [1.165, 1.54) is 28.0 Å². The second-order valence-corrected chi connectivity index (χ2v) is 5.61. The lowest BCUT2D eigenvalue weighted by Crippen LogP contribution is -2.36. The smallest absolute Gasteiger partial charge is 0.187 e. The van der Waals surface area contributed by atoms with Crippen molar-refractivity contribution in [2.75, 3.05) is 0 Å². The molecule has 0 amide bonds. The van der Waals surface area contributed by atoms with E-state index in [0.29, 0.717) is 0 Å². The van der Waals surface area contributed by atoms with Crippen molar-refractivity contribution in [2.45, 2.75) is 20.3 Å². The van der Waals surface area contributed by atoms with Gasteiger partial charge in [-0.05, 0) is 42.7 Å². The molecule has 3 rings (SSSR count). The van der Waals surface area contributed by atoms with Crippen LogP contribution in [0.4, 0.5) is 0 Å². The van der Waals surface area contributed by atoms with Crippen molar-refractivity contribution < 1.29 is 4.57 Å². The van der Waals surface area contributed by atoms with Crippen LogP contribution in [0.3, 0.4) is 0 Å². The van der Waals surface area contributed by atoms with Crippen molar-refractivity contribution in [1.82, 2.24) is 0 Å². The molecule has 0 N–H and O–H groups in total. The van der Waals surface area contributed by atoms with Crippen LogP contribution in [0.15, 0.2) is 54.6 Å². The third-order valence-corrected chi connectivity index (χ3v) is 4.08. The number of fused-ring (bicyclic) bond motifs is 2. The van der Waals surface area contributed by atoms with Crippen LogP contribution in [0, 0.1) is 18.8 Å². The third kappa shape index (κ3) is 2.73. The van der Waals surface area contributed by atoms with E-state index in [2.05, 4.69) is 85.8 Å². The molecule has 0 atom stereocenters. The number of nitrogens with zero attached hydrogens (tertiary/aromatic N) is 1. The van der Waals surface area contributed by atoms with Gasteiger partial charge < -0.3 is 0 Å². The number of hydrogen-bond donors (Lipinski definition) is 0. The van der Waals surface area contributed by atoms with Crippen LogP contribution >= 0.6 is 0 Å². The maximum Gasteiger partial charge on any atom is 0.257 e. The first-order chi connectivity index (χ1) is 10.7. The van der Waals surface area contributed by atoms with E-state index in [1.807, 2.05) is 6.08 Å². The highest BCUT2D eigenvalue weighted by molar-refractivity contribution is 5.84. The van der Waals surface area contributed by atoms with Gasteiger partial charge in [0.1, 0.15) is 7.05 Å². The summed E-state index contributed by atoms with van der Waals surface area (Å²) in [7, 11) is 2.08. The van der Waals surface area contributed by atoms with Crippen LogP contribution < -0.4 is 4.57 Å². The zero-order valence-electron chi connectivity index (χ0n) is 13.4. The summed E-state index contributed by atoms with van der Waals surface area (Å²) in [6.45, 7) is 4.31. The Hall–Kier alpha value is -2.59. The van der Waals surface area contributed by atoms with Crippen molar-refractivity contribution in [2.24, 2.45) is 7.05 Å². The monoisotopic (exact) mass is 286 g/mol. The van der Waals surface area contributed by atoms with Crippen LogP contribution in [0.2, 0.25) is 0 Å². The zero-order valence-corrected chi connectivity index (χ0v) is 13.4. The molecule has 0 saturated carbocycles. The molecule has 0 unspecified atom stereocenters. The molecule has 1 aromatic carbocycles. The number of benzene rings is 1. The fourth-order valence-corrected chi connectivity index (χ4v) is 2.72. The van der Waals surface area contributed by atoms with E-state index in [0.717, 1.165) is 12.1 Å². The van der Waals surface area contributed by atoms with Crippen molar-refractivity contribution in [3.63, 3.8) is 0 Å². The van der Waals surface area contributed by atoms with E-state index in [4.69, 9.17) is 0 Å². The molecule has 1 aliphatic heterocycles. The average molecular weight is 286 g/mol. The number of rotatable bonds is 2. The van der Waals surface area contributed by atoms with E-state index in [1.54, 1.807) is 0 Å². The number of allylic oxidation sites excluding steroid dienone is 4. The second-order valence-electron chi connectivity index (χ2n) is 5.61. The summed E-state index contributed by atoms with van der Waals surface area (Å²) in [6, 6.07) is 14.9. The molecule has 1 heteroatoms. The highest BCUT2D eigenvalue weighted by Crippen LogP contribution is 2.24. The number of hydrogen-bond acceptors (Lipinski definition) is 0. The van der Waals surface area contributed by atoms with Gasteiger partial charge in [0.05, 0.1) is 0 Å². The minimum atomic E-state index is 0.987. The van der Waals surface area contributed by atoms with Crippen molar-refractivity contribution in [1.29, 1.82) is 0 Å². The molecule has 0 spiro atoms. The zero-order chi connectivity index (χ0) is 15.5. The SMILES string of the molecule is CC/C1=C\C(c2ccc(C)cc2)=C/C#Cc2cccc1[n+]2C. The first-order valence-corrected chi connectivity index (χ1v) is 7.68. The molecule has 0 radical (unpaired) electrons. The molecule has 1 aromatic heterocycles. The lowest BCUT2D eigenvalue weighted by molar-refractivity contribution is -0.676. The Morgan fingerprint density at radius 3 is 2.55 bits per heavy atom. The Kier molecular flexibility index (Phi) is 3.94. The highest BCUT2D eigenvalue weighted by Gasteiger charge is 2.15. The summed E-state index contributed by atoms with van der Waals surface area (Å²) in [5.74, 6) is 6.46. The van der Waals surface area contributed by atoms with E-state index in [-0.39, 0.29) is 0 Å². The molecule has 108 valence electrons. The van der Waals surface area contributed by atoms with Gasteiger partial charge in [-0.15, -0.1) is 0 Å². The first kappa shape index (κ1) is 14.4. The summed E-state index contributed by atoms with van der Waals surface area (Å²) < 4.78 is 2.17. The largest absolute Gasteiger partial charge is 0.257 e. The summed E-state index contributed by atoms with van der Waals surface area (Å²) in [4.78, 5) is 0. The maximum atomic E-state index is 3.25. The molecular weight excluding hydrogens is 266 g/mol. The van der Waals surface area contributed by atoms with Crippen LogP contribution in [0.5, 0.6) is 0 Å². The Labute approximate surface area is 132 Å². The summed E-state index contributed by atoms with van der Waals surface area (Å²) in [5, 5.41) is 0. The van der Waals surface area contributed by atoms with Crippen LogP contribution in [-0.4, -0.2) is 0 Å². The van der Waals surface area contributed by atoms with Gasteiger partial charge in [0.2, 0.25) is 5.69 Å². The summed E-state index contributed by atoms with van der Waals surface area (Å²) >= 11 is 0. The summed E-state index contributed by atoms with van der Waals surface area (Å²) in [6.07, 6.45) is 5.28. The quantitative estimate of drug-likeness (QED) is 0.579. The van der Waals surface area contributed by atoms with Gasteiger partial charge in [-0.25, -0.2) is 0 Å². The van der Waals surface area contributed by atoms with Crippen molar-refractivity contribution >= 4 is 11.1 Å². The first-order valence-electron chi connectivity index (χ1n) is 7.68. The van der Waals surface area contributed by atoms with Crippen LogP contribution in [0.25, 0.3) is 11.1 Å². The molecule has 2 heterocycles. The minimum absolute atomic E-state index is 0.987. The minimum Gasteiger partial charge on any atom is -0.187 e. The molecule has 2 aromatic rings. The van der Waals surface area contributed by atoms with Crippen LogP contribution in [-0.2, 0) is 7.05 Å². The predicted octanol–water partition coefficient (Wildman–Crippen LogP) is 4.06. The molecule has 22 heavy (non-hydrogen) atoms. The molecule has 0 aliphatic carbocycles. The van der Waals surface area contributed by atoms with E-state index < -0.39 is 0 Å². The van der Waals surface area contributed by atoms with Gasteiger partial charge in [0.25, 0.3) is 5.69 Å². The molecular formula is C21H20N+. The Morgan fingerprint density at radius 1 is 1.05 bits per heavy atom. The standard InChI is InChI=1S/C21H20N/c1-4-17-15-19(18-13-11-16(2)12-14-18)7-5-8-20-9-6-10-21(17)22(20)3/h6-7,9-15H,4H2,1-3H3/q+1/b17-15+,19-7+. The predicted molar refractivity (Wildman–Crippen MR) is 91.9 cm³/mol. The maximum absolute atomic E-state index is 3.25. The number of aryl methyl sites for hydroxylation is 1. The lowest BCUT2D eigenvalue weighted by atomic mass is 9.99. The van der Waals surface area contributed by atoms with Crippen molar-refractivity contribution in [3.8, 4) is 11.8 Å². The Morgan fingerprint density at radius 2 is 1.82 bits per heavy atom. The van der Waals surface area contributed by atoms with Gasteiger partial charge in [0.15, 0.2) is 0 Å². The summed E-state index contributed by atoms with van der Waals surface area (Å²) in [5.41, 5.74) is 7.25. The van der Waals surface area contributed by atoms with Gasteiger partial charge in [-0.2, -0.15) is 4.57 Å². The molecule has 1 nitrogen and oxygen atoms in total. The topological polar surface area (TPSA) is 3.88 Å². The average Bonchev–Trinajstić information content (AvgIpc) is 2.56. The highest BCUT2D eigenvalue weighted by atomic mass is 14.9. The van der Waals surface area contributed by atoms with Gasteiger partial charge in [-0.3, -0.25) is 0 Å². The van der Waals surface area contributed by atoms with E-state index in [9.17, 15) is 0 Å². The van der Waals surface area contributed by atoms with E-state index >= 15 is 0 Å². The molecule has 0 fully saturated rings. The normalized spacial score (nSPS) is 17.8. The fourth-order valence-electron chi connectivity index (χ4n) is 2.72. The van der Waals surface area contributed by atoms with Gasteiger partial charge >= 0.3 is 0 Å².